The fourth-order valence-corrected chi connectivity index (χ4v) is 2.27. The molecule has 23 heavy (non-hydrogen) atoms. The molecule has 1 heterocycles. The van der Waals surface area contributed by atoms with Crippen molar-refractivity contribution >= 4 is 11.5 Å². The predicted molar refractivity (Wildman–Crippen MR) is 82.9 cm³/mol. The summed E-state index contributed by atoms with van der Waals surface area (Å²) >= 11 is 0. The Bertz CT molecular complexity index is 767. The van der Waals surface area contributed by atoms with Crippen LogP contribution >= 0.6 is 0 Å². The van der Waals surface area contributed by atoms with E-state index < -0.39 is 4.92 Å². The summed E-state index contributed by atoms with van der Waals surface area (Å²) in [6.45, 7) is 2.82. The Morgan fingerprint density at radius 3 is 2.70 bits per heavy atom. The van der Waals surface area contributed by atoms with Crippen LogP contribution < -0.4 is 4.74 Å². The van der Waals surface area contributed by atoms with E-state index in [1.165, 1.54) is 18.2 Å². The van der Waals surface area contributed by atoms with Crippen molar-refractivity contribution in [2.24, 2.45) is 0 Å². The minimum Gasteiger partial charge on any atom is -0.491 e. The highest BCUT2D eigenvalue weighted by Crippen LogP contribution is 2.28. The molecule has 0 N–H and O–H groups in total. The van der Waals surface area contributed by atoms with Crippen molar-refractivity contribution in [2.75, 3.05) is 13.2 Å². The normalized spacial score (nSPS) is 16.0. The minimum absolute atomic E-state index is 0.0264. The van der Waals surface area contributed by atoms with Crippen molar-refractivity contribution < 1.29 is 19.2 Å². The minimum atomic E-state index is -0.556. The molecule has 3 rings (SSSR count). The molecule has 2 aromatic carbocycles. The second kappa shape index (κ2) is 6.18. The van der Waals surface area contributed by atoms with Crippen LogP contribution in [-0.2, 0) is 4.74 Å². The monoisotopic (exact) mass is 313 g/mol. The van der Waals surface area contributed by atoms with Gasteiger partial charge < -0.3 is 9.47 Å². The first kappa shape index (κ1) is 15.2. The summed E-state index contributed by atoms with van der Waals surface area (Å²) < 4.78 is 10.6. The van der Waals surface area contributed by atoms with E-state index >= 15 is 0 Å². The van der Waals surface area contributed by atoms with Gasteiger partial charge in [-0.15, -0.1) is 0 Å². The van der Waals surface area contributed by atoms with Crippen LogP contribution in [0.3, 0.4) is 0 Å². The molecule has 6 nitrogen and oxygen atoms in total. The number of hydrogen-bond acceptors (Lipinski definition) is 5. The van der Waals surface area contributed by atoms with Gasteiger partial charge in [0, 0.05) is 11.6 Å². The van der Waals surface area contributed by atoms with Gasteiger partial charge in [-0.05, 0) is 24.6 Å². The number of epoxide rings is 1. The van der Waals surface area contributed by atoms with Crippen LogP contribution in [0, 0.1) is 17.0 Å². The molecule has 0 radical (unpaired) electrons. The van der Waals surface area contributed by atoms with Crippen LogP contribution in [0.1, 0.15) is 21.5 Å². The van der Waals surface area contributed by atoms with Crippen molar-refractivity contribution in [2.45, 2.75) is 13.0 Å². The summed E-state index contributed by atoms with van der Waals surface area (Å²) in [5.74, 6) is 0.0333. The van der Waals surface area contributed by atoms with Gasteiger partial charge in [0.25, 0.3) is 5.69 Å². The largest absolute Gasteiger partial charge is 0.491 e. The fraction of sp³-hybridized carbons (Fsp3) is 0.235. The lowest BCUT2D eigenvalue weighted by Gasteiger charge is -2.09. The van der Waals surface area contributed by atoms with E-state index in [0.29, 0.717) is 24.5 Å². The van der Waals surface area contributed by atoms with E-state index in [1.807, 2.05) is 6.07 Å². The highest BCUT2D eigenvalue weighted by molar-refractivity contribution is 6.12. The van der Waals surface area contributed by atoms with Gasteiger partial charge in [0.2, 0.25) is 0 Å². The zero-order chi connectivity index (χ0) is 16.4. The SMILES string of the molecule is Cc1ccccc1C(=O)c1cc(OCC2CO2)ccc1[N+](=O)[O-]. The van der Waals surface area contributed by atoms with E-state index in [9.17, 15) is 14.9 Å². The zero-order valence-electron chi connectivity index (χ0n) is 12.5. The molecule has 2 aromatic rings. The standard InChI is InChI=1S/C17H15NO5/c1-11-4-2-3-5-14(11)17(19)15-8-12(22-9-13-10-23-13)6-7-16(15)18(20)21/h2-8,13H,9-10H2,1H3. The zero-order valence-corrected chi connectivity index (χ0v) is 12.5. The number of rotatable bonds is 6. The van der Waals surface area contributed by atoms with Gasteiger partial charge >= 0.3 is 0 Å². The second-order valence-corrected chi connectivity index (χ2v) is 5.35. The molecule has 118 valence electrons. The van der Waals surface area contributed by atoms with E-state index in [1.54, 1.807) is 25.1 Å². The van der Waals surface area contributed by atoms with E-state index in [-0.39, 0.29) is 23.1 Å². The van der Waals surface area contributed by atoms with Gasteiger partial charge in [0.05, 0.1) is 11.5 Å². The second-order valence-electron chi connectivity index (χ2n) is 5.35. The molecular formula is C17H15NO5. The number of carbonyl (C=O) groups excluding carboxylic acids is 1. The van der Waals surface area contributed by atoms with Crippen LogP contribution in [0.2, 0.25) is 0 Å². The summed E-state index contributed by atoms with van der Waals surface area (Å²) in [6, 6.07) is 11.2. The fourth-order valence-electron chi connectivity index (χ4n) is 2.27. The van der Waals surface area contributed by atoms with Crippen LogP contribution in [0.4, 0.5) is 5.69 Å². The summed E-state index contributed by atoms with van der Waals surface area (Å²) in [4.78, 5) is 23.4. The molecule has 0 bridgehead atoms. The highest BCUT2D eigenvalue weighted by atomic mass is 16.6. The van der Waals surface area contributed by atoms with Crippen LogP contribution in [0.25, 0.3) is 0 Å². The van der Waals surface area contributed by atoms with Gasteiger partial charge in [-0.2, -0.15) is 0 Å². The van der Waals surface area contributed by atoms with Crippen molar-refractivity contribution in [3.05, 3.63) is 69.3 Å². The number of carbonyl (C=O) groups is 1. The Morgan fingerprint density at radius 1 is 1.30 bits per heavy atom. The third-order valence-electron chi connectivity index (χ3n) is 3.64. The van der Waals surface area contributed by atoms with Crippen molar-refractivity contribution in [3.8, 4) is 5.75 Å². The van der Waals surface area contributed by atoms with Gasteiger partial charge in [0.15, 0.2) is 5.78 Å². The molecule has 1 unspecified atom stereocenters. The predicted octanol–water partition coefficient (Wildman–Crippen LogP) is 2.91. The molecule has 1 saturated heterocycles. The molecule has 0 aromatic heterocycles. The van der Waals surface area contributed by atoms with Crippen molar-refractivity contribution in [1.82, 2.24) is 0 Å². The number of aryl methyl sites for hydroxylation is 1. The third-order valence-corrected chi connectivity index (χ3v) is 3.64. The number of nitro groups is 1. The summed E-state index contributed by atoms with van der Waals surface area (Å²) in [6.07, 6.45) is 0.0701. The maximum absolute atomic E-state index is 12.7. The molecule has 1 atom stereocenters. The highest BCUT2D eigenvalue weighted by Gasteiger charge is 2.25. The first-order valence-corrected chi connectivity index (χ1v) is 7.19. The molecule has 0 spiro atoms. The summed E-state index contributed by atoms with van der Waals surface area (Å²) in [5, 5.41) is 11.2. The number of nitro benzene ring substituents is 1. The Hall–Kier alpha value is -2.73. The Labute approximate surface area is 132 Å². The molecule has 1 aliphatic heterocycles. The lowest BCUT2D eigenvalue weighted by Crippen LogP contribution is -2.09. The summed E-state index contributed by atoms with van der Waals surface area (Å²) in [7, 11) is 0. The van der Waals surface area contributed by atoms with Crippen molar-refractivity contribution in [1.29, 1.82) is 0 Å². The average Bonchev–Trinajstić information content (AvgIpc) is 3.36. The lowest BCUT2D eigenvalue weighted by molar-refractivity contribution is -0.385. The smallest absolute Gasteiger partial charge is 0.280 e. The Balaban J connectivity index is 1.96. The van der Waals surface area contributed by atoms with E-state index in [0.717, 1.165) is 5.56 Å². The molecule has 0 amide bonds. The Morgan fingerprint density at radius 2 is 2.04 bits per heavy atom. The molecule has 1 aliphatic rings. The van der Waals surface area contributed by atoms with E-state index in [4.69, 9.17) is 9.47 Å². The maximum atomic E-state index is 12.7. The van der Waals surface area contributed by atoms with Gasteiger partial charge in [0.1, 0.15) is 24.0 Å². The number of nitrogens with zero attached hydrogens (tertiary/aromatic N) is 1. The summed E-state index contributed by atoms with van der Waals surface area (Å²) in [5.41, 5.74) is 1.01. The molecule has 6 heteroatoms. The molecular weight excluding hydrogens is 298 g/mol. The topological polar surface area (TPSA) is 82.0 Å². The quantitative estimate of drug-likeness (QED) is 0.354. The first-order chi connectivity index (χ1) is 11.1. The van der Waals surface area contributed by atoms with E-state index in [2.05, 4.69) is 0 Å². The van der Waals surface area contributed by atoms with Crippen LogP contribution in [-0.4, -0.2) is 30.0 Å². The first-order valence-electron chi connectivity index (χ1n) is 7.19. The van der Waals surface area contributed by atoms with Gasteiger partial charge in [-0.25, -0.2) is 0 Å². The number of ketones is 1. The third kappa shape index (κ3) is 3.37. The Kier molecular flexibility index (Phi) is 4.08. The average molecular weight is 313 g/mol. The molecule has 1 fully saturated rings. The number of ether oxygens (including phenoxy) is 2. The molecule has 0 saturated carbocycles. The van der Waals surface area contributed by atoms with Crippen LogP contribution in [0.5, 0.6) is 5.75 Å². The van der Waals surface area contributed by atoms with Crippen LogP contribution in [0.15, 0.2) is 42.5 Å². The van der Waals surface area contributed by atoms with Gasteiger partial charge in [-0.1, -0.05) is 24.3 Å². The van der Waals surface area contributed by atoms with Gasteiger partial charge in [-0.3, -0.25) is 14.9 Å². The molecule has 0 aliphatic carbocycles. The number of hydrogen-bond donors (Lipinski definition) is 0. The lowest BCUT2D eigenvalue weighted by atomic mass is 9.98. The van der Waals surface area contributed by atoms with Crippen molar-refractivity contribution in [3.63, 3.8) is 0 Å². The maximum Gasteiger partial charge on any atom is 0.280 e. The number of benzene rings is 2.